The van der Waals surface area contributed by atoms with E-state index in [0.29, 0.717) is 30.3 Å². The number of carbonyl (C=O) groups excluding carboxylic acids is 1. The minimum absolute atomic E-state index is 0.129. The van der Waals surface area contributed by atoms with E-state index in [0.717, 1.165) is 11.1 Å². The molecule has 0 aromatic heterocycles. The largest absolute Gasteiger partial charge is 0.454 e. The van der Waals surface area contributed by atoms with E-state index in [9.17, 15) is 9.90 Å². The number of fused-ring (bicyclic) bond motifs is 1. The number of amides is 1. The molecular formula is C29H33NO6. The maximum Gasteiger partial charge on any atom is 0.231 e. The molecule has 1 amide bonds. The zero-order valence-electron chi connectivity index (χ0n) is 20.7. The Bertz CT molecular complexity index is 1110. The van der Waals surface area contributed by atoms with Gasteiger partial charge in [0.05, 0.1) is 38.4 Å². The van der Waals surface area contributed by atoms with E-state index in [2.05, 4.69) is 0 Å². The van der Waals surface area contributed by atoms with Crippen molar-refractivity contribution in [3.63, 3.8) is 0 Å². The predicted molar refractivity (Wildman–Crippen MR) is 135 cm³/mol. The lowest BCUT2D eigenvalue weighted by molar-refractivity contribution is -0.142. The normalized spacial score (nSPS) is 14.8. The number of rotatable bonds is 12. The molecular weight excluding hydrogens is 458 g/mol. The van der Waals surface area contributed by atoms with Gasteiger partial charge in [0.1, 0.15) is 0 Å². The minimum atomic E-state index is -0.982. The van der Waals surface area contributed by atoms with Crippen LogP contribution in [0.3, 0.4) is 0 Å². The average Bonchev–Trinajstić information content (AvgIpc) is 3.38. The van der Waals surface area contributed by atoms with Gasteiger partial charge in [-0.2, -0.15) is 0 Å². The third kappa shape index (κ3) is 6.63. The monoisotopic (exact) mass is 491 g/mol. The van der Waals surface area contributed by atoms with Crippen molar-refractivity contribution in [3.05, 3.63) is 95.6 Å². The molecule has 0 bridgehead atoms. The van der Waals surface area contributed by atoms with Crippen LogP contribution in [-0.4, -0.2) is 50.0 Å². The SMILES string of the molecule is CN(C)C(=O)[C@H](COCc1ccccc1)[C@@H](COCc1ccccc1)[C@H](O)c1ccc2c(c1)OCO2. The molecule has 3 atom stereocenters. The second-order valence-corrected chi connectivity index (χ2v) is 9.06. The topological polar surface area (TPSA) is 77.5 Å². The van der Waals surface area contributed by atoms with Crippen molar-refractivity contribution in [1.82, 2.24) is 4.90 Å². The quantitative estimate of drug-likeness (QED) is 0.409. The van der Waals surface area contributed by atoms with Crippen molar-refractivity contribution in [1.29, 1.82) is 0 Å². The smallest absolute Gasteiger partial charge is 0.231 e. The van der Waals surface area contributed by atoms with Crippen LogP contribution in [0.2, 0.25) is 0 Å². The van der Waals surface area contributed by atoms with E-state index in [-0.39, 0.29) is 25.9 Å². The fourth-order valence-electron chi connectivity index (χ4n) is 4.25. The molecule has 0 radical (unpaired) electrons. The Balaban J connectivity index is 1.54. The fourth-order valence-corrected chi connectivity index (χ4v) is 4.25. The van der Waals surface area contributed by atoms with E-state index < -0.39 is 17.9 Å². The van der Waals surface area contributed by atoms with Crippen LogP contribution in [0.15, 0.2) is 78.9 Å². The molecule has 7 nitrogen and oxygen atoms in total. The molecule has 7 heteroatoms. The maximum atomic E-state index is 13.3. The Kier molecular flexibility index (Phi) is 8.95. The van der Waals surface area contributed by atoms with Crippen LogP contribution in [0.4, 0.5) is 0 Å². The molecule has 0 unspecified atom stereocenters. The molecule has 36 heavy (non-hydrogen) atoms. The van der Waals surface area contributed by atoms with Crippen molar-refractivity contribution >= 4 is 5.91 Å². The first kappa shape index (κ1) is 25.7. The van der Waals surface area contributed by atoms with Crippen LogP contribution >= 0.6 is 0 Å². The van der Waals surface area contributed by atoms with Crippen LogP contribution < -0.4 is 9.47 Å². The van der Waals surface area contributed by atoms with E-state index in [1.54, 1.807) is 32.3 Å². The van der Waals surface area contributed by atoms with Gasteiger partial charge < -0.3 is 29.0 Å². The second-order valence-electron chi connectivity index (χ2n) is 9.06. The summed E-state index contributed by atoms with van der Waals surface area (Å²) < 4.78 is 23.0. The number of aliphatic hydroxyl groups excluding tert-OH is 1. The van der Waals surface area contributed by atoms with Crippen molar-refractivity contribution in [2.45, 2.75) is 19.3 Å². The molecule has 0 fully saturated rings. The van der Waals surface area contributed by atoms with Crippen molar-refractivity contribution < 1.29 is 28.8 Å². The summed E-state index contributed by atoms with van der Waals surface area (Å²) in [5, 5.41) is 11.5. The Hall–Kier alpha value is -3.39. The van der Waals surface area contributed by atoms with Crippen LogP contribution in [0.25, 0.3) is 0 Å². The van der Waals surface area contributed by atoms with Gasteiger partial charge in [-0.1, -0.05) is 66.7 Å². The molecule has 0 saturated heterocycles. The second kappa shape index (κ2) is 12.5. The van der Waals surface area contributed by atoms with Gasteiger partial charge in [0.2, 0.25) is 12.7 Å². The fraction of sp³-hybridized carbons (Fsp3) is 0.345. The van der Waals surface area contributed by atoms with Gasteiger partial charge in [-0.05, 0) is 28.8 Å². The molecule has 1 N–H and O–H groups in total. The van der Waals surface area contributed by atoms with Gasteiger partial charge in [-0.3, -0.25) is 4.79 Å². The lowest BCUT2D eigenvalue weighted by atomic mass is 9.84. The molecule has 190 valence electrons. The average molecular weight is 492 g/mol. The molecule has 0 aliphatic carbocycles. The molecule has 1 aliphatic rings. The highest BCUT2D eigenvalue weighted by Crippen LogP contribution is 2.38. The van der Waals surface area contributed by atoms with E-state index >= 15 is 0 Å². The number of hydrogen-bond donors (Lipinski definition) is 1. The molecule has 4 rings (SSSR count). The van der Waals surface area contributed by atoms with Crippen molar-refractivity contribution in [2.24, 2.45) is 11.8 Å². The molecule has 0 spiro atoms. The number of aliphatic hydroxyl groups is 1. The number of benzene rings is 3. The van der Waals surface area contributed by atoms with Gasteiger partial charge in [0, 0.05) is 20.0 Å². The predicted octanol–water partition coefficient (Wildman–Crippen LogP) is 4.20. The summed E-state index contributed by atoms with van der Waals surface area (Å²) in [6.45, 7) is 1.21. The van der Waals surface area contributed by atoms with E-state index in [1.165, 1.54) is 4.90 Å². The number of hydrogen-bond acceptors (Lipinski definition) is 6. The van der Waals surface area contributed by atoms with Crippen LogP contribution in [-0.2, 0) is 27.5 Å². The Morgan fingerprint density at radius 1 is 0.861 bits per heavy atom. The summed E-state index contributed by atoms with van der Waals surface area (Å²) in [6.07, 6.45) is -0.982. The summed E-state index contributed by atoms with van der Waals surface area (Å²) in [5.41, 5.74) is 2.67. The minimum Gasteiger partial charge on any atom is -0.454 e. The highest BCUT2D eigenvalue weighted by Gasteiger charge is 2.36. The third-order valence-electron chi connectivity index (χ3n) is 6.25. The Morgan fingerprint density at radius 3 is 2.06 bits per heavy atom. The van der Waals surface area contributed by atoms with Crippen LogP contribution in [0, 0.1) is 11.8 Å². The van der Waals surface area contributed by atoms with Gasteiger partial charge in [0.25, 0.3) is 0 Å². The lowest BCUT2D eigenvalue weighted by Crippen LogP contribution is -2.41. The first-order valence-corrected chi connectivity index (χ1v) is 12.0. The number of ether oxygens (including phenoxy) is 4. The standard InChI is InChI=1S/C29H33NO6/c1-30(2)29(32)25(19-34-17-22-11-7-4-8-12-22)24(18-33-16-21-9-5-3-6-10-21)28(31)23-13-14-26-27(15-23)36-20-35-26/h3-15,24-25,28,31H,16-20H2,1-2H3/t24-,25-,28-/m1/s1. The number of nitrogens with zero attached hydrogens (tertiary/aromatic N) is 1. The Morgan fingerprint density at radius 2 is 1.44 bits per heavy atom. The van der Waals surface area contributed by atoms with Crippen molar-refractivity contribution in [3.8, 4) is 11.5 Å². The summed E-state index contributed by atoms with van der Waals surface area (Å²) in [6, 6.07) is 24.9. The molecule has 1 heterocycles. The lowest BCUT2D eigenvalue weighted by Gasteiger charge is -2.32. The first-order chi connectivity index (χ1) is 17.5. The molecule has 1 aliphatic heterocycles. The molecule has 3 aromatic carbocycles. The van der Waals surface area contributed by atoms with Gasteiger partial charge >= 0.3 is 0 Å². The van der Waals surface area contributed by atoms with Gasteiger partial charge in [0.15, 0.2) is 11.5 Å². The summed E-state index contributed by atoms with van der Waals surface area (Å²) in [5.74, 6) is -0.0999. The van der Waals surface area contributed by atoms with Gasteiger partial charge in [-0.25, -0.2) is 0 Å². The zero-order valence-corrected chi connectivity index (χ0v) is 20.7. The highest BCUT2D eigenvalue weighted by molar-refractivity contribution is 5.79. The van der Waals surface area contributed by atoms with Crippen molar-refractivity contribution in [2.75, 3.05) is 34.1 Å². The Labute approximate surface area is 212 Å². The summed E-state index contributed by atoms with van der Waals surface area (Å²) in [7, 11) is 3.42. The third-order valence-corrected chi connectivity index (χ3v) is 6.25. The maximum absolute atomic E-state index is 13.3. The summed E-state index contributed by atoms with van der Waals surface area (Å²) >= 11 is 0. The highest BCUT2D eigenvalue weighted by atomic mass is 16.7. The summed E-state index contributed by atoms with van der Waals surface area (Å²) in [4.78, 5) is 14.9. The van der Waals surface area contributed by atoms with E-state index in [4.69, 9.17) is 18.9 Å². The molecule has 3 aromatic rings. The number of carbonyl (C=O) groups is 1. The first-order valence-electron chi connectivity index (χ1n) is 12.0. The zero-order chi connectivity index (χ0) is 25.3. The van der Waals surface area contributed by atoms with Crippen LogP contribution in [0.5, 0.6) is 11.5 Å². The van der Waals surface area contributed by atoms with E-state index in [1.807, 2.05) is 60.7 Å². The molecule has 0 saturated carbocycles. The van der Waals surface area contributed by atoms with Crippen LogP contribution in [0.1, 0.15) is 22.8 Å². The van der Waals surface area contributed by atoms with Gasteiger partial charge in [-0.15, -0.1) is 0 Å².